The van der Waals surface area contributed by atoms with Crippen molar-refractivity contribution in [2.45, 2.75) is 31.0 Å². The summed E-state index contributed by atoms with van der Waals surface area (Å²) in [6.07, 6.45) is 3.15. The number of benzene rings is 2. The molecule has 0 bridgehead atoms. The monoisotopic (exact) mass is 438 g/mol. The maximum absolute atomic E-state index is 13.0. The maximum atomic E-state index is 13.0. The normalized spacial score (nSPS) is 13.9. The number of aromatic nitrogens is 1. The number of aromatic amines is 1. The van der Waals surface area contributed by atoms with Crippen LogP contribution in [-0.2, 0) is 27.2 Å². The Labute approximate surface area is 186 Å². The number of amides is 2. The third-order valence-corrected chi connectivity index (χ3v) is 5.45. The van der Waals surface area contributed by atoms with Crippen LogP contribution in [0.2, 0.25) is 0 Å². The number of carbonyl (C=O) groups is 3. The zero-order valence-corrected chi connectivity index (χ0v) is 17.8. The Hall–Kier alpha value is -3.10. The van der Waals surface area contributed by atoms with Gasteiger partial charge in [0.2, 0.25) is 11.8 Å². The number of carbonyl (C=O) groups excluding carboxylic acids is 3. The molecule has 1 heterocycles. The van der Waals surface area contributed by atoms with E-state index in [0.717, 1.165) is 22.0 Å². The molecule has 3 atom stereocenters. The molecule has 0 fully saturated rings. The first-order valence-electron chi connectivity index (χ1n) is 10.0. The van der Waals surface area contributed by atoms with E-state index in [1.54, 1.807) is 0 Å². The summed E-state index contributed by atoms with van der Waals surface area (Å²) in [4.78, 5) is 40.2. The van der Waals surface area contributed by atoms with E-state index < -0.39 is 29.9 Å². The van der Waals surface area contributed by atoms with E-state index in [1.165, 1.54) is 0 Å². The lowest BCUT2D eigenvalue weighted by atomic mass is 10.0. The predicted octanol–water partition coefficient (Wildman–Crippen LogP) is 1.38. The molecule has 0 aliphatic heterocycles. The van der Waals surface area contributed by atoms with Crippen LogP contribution in [0.5, 0.6) is 0 Å². The smallest absolute Gasteiger partial charge is 0.243 e. The van der Waals surface area contributed by atoms with Crippen molar-refractivity contribution >= 4 is 41.6 Å². The molecule has 162 valence electrons. The van der Waals surface area contributed by atoms with E-state index in [9.17, 15) is 14.4 Å². The minimum Gasteiger partial charge on any atom is -0.361 e. The first-order chi connectivity index (χ1) is 15.0. The van der Waals surface area contributed by atoms with Gasteiger partial charge in [-0.1, -0.05) is 48.5 Å². The molecule has 0 spiro atoms. The Balaban J connectivity index is 1.73. The Morgan fingerprint density at radius 2 is 1.71 bits per heavy atom. The number of hydrogen-bond donors (Lipinski definition) is 5. The zero-order valence-electron chi connectivity index (χ0n) is 17.0. The quantitative estimate of drug-likeness (QED) is 0.243. The van der Waals surface area contributed by atoms with Gasteiger partial charge in [-0.05, 0) is 17.2 Å². The summed E-state index contributed by atoms with van der Waals surface area (Å²) in [6.45, 7) is 0. The van der Waals surface area contributed by atoms with Crippen molar-refractivity contribution in [3.05, 3.63) is 71.9 Å². The van der Waals surface area contributed by atoms with Gasteiger partial charge in [-0.2, -0.15) is 12.6 Å². The SMILES string of the molecule is N[C@@H](CS)C(=O)N[C@@H](Cc1ccccc1)C(=O)N[C@@H](C=O)Cc1c[nH]c2ccccc12. The maximum Gasteiger partial charge on any atom is 0.243 e. The molecular formula is C23H26N4O3S. The average molecular weight is 439 g/mol. The average Bonchev–Trinajstić information content (AvgIpc) is 3.20. The highest BCUT2D eigenvalue weighted by atomic mass is 32.1. The minimum atomic E-state index is -0.869. The van der Waals surface area contributed by atoms with Crippen molar-refractivity contribution < 1.29 is 14.4 Å². The topological polar surface area (TPSA) is 117 Å². The summed E-state index contributed by atoms with van der Waals surface area (Å²) in [7, 11) is 0. The van der Waals surface area contributed by atoms with Crippen LogP contribution in [0, 0.1) is 0 Å². The van der Waals surface area contributed by atoms with Gasteiger partial charge in [0, 0.05) is 35.7 Å². The molecule has 1 aromatic heterocycles. The number of hydrogen-bond acceptors (Lipinski definition) is 5. The summed E-state index contributed by atoms with van der Waals surface area (Å²) in [5, 5.41) is 6.44. The number of thiol groups is 1. The lowest BCUT2D eigenvalue weighted by molar-refractivity contribution is -0.130. The number of H-pyrrole nitrogens is 1. The lowest BCUT2D eigenvalue weighted by Gasteiger charge is -2.22. The molecule has 8 heteroatoms. The van der Waals surface area contributed by atoms with Crippen molar-refractivity contribution in [1.82, 2.24) is 15.6 Å². The van der Waals surface area contributed by atoms with Crippen LogP contribution in [0.15, 0.2) is 60.8 Å². The van der Waals surface area contributed by atoms with Gasteiger partial charge in [0.25, 0.3) is 0 Å². The second kappa shape index (κ2) is 10.8. The molecule has 0 radical (unpaired) electrons. The number of fused-ring (bicyclic) bond motifs is 1. The van der Waals surface area contributed by atoms with Crippen LogP contribution in [0.4, 0.5) is 0 Å². The van der Waals surface area contributed by atoms with E-state index in [1.807, 2.05) is 60.8 Å². The van der Waals surface area contributed by atoms with Crippen molar-refractivity contribution in [3.63, 3.8) is 0 Å². The Bertz CT molecular complexity index is 1040. The lowest BCUT2D eigenvalue weighted by Crippen LogP contribution is -2.55. The van der Waals surface area contributed by atoms with Gasteiger partial charge in [-0.15, -0.1) is 0 Å². The fraction of sp³-hybridized carbons (Fsp3) is 0.261. The number of nitrogens with one attached hydrogen (secondary N) is 3. The predicted molar refractivity (Wildman–Crippen MR) is 124 cm³/mol. The second-order valence-electron chi connectivity index (χ2n) is 7.35. The van der Waals surface area contributed by atoms with Gasteiger partial charge >= 0.3 is 0 Å². The van der Waals surface area contributed by atoms with Crippen LogP contribution in [0.25, 0.3) is 10.9 Å². The first-order valence-corrected chi connectivity index (χ1v) is 10.7. The molecule has 5 N–H and O–H groups in total. The molecule has 0 aliphatic carbocycles. The van der Waals surface area contributed by atoms with Crippen molar-refractivity contribution in [2.24, 2.45) is 5.73 Å². The fourth-order valence-corrected chi connectivity index (χ4v) is 3.54. The van der Waals surface area contributed by atoms with E-state index in [0.29, 0.717) is 12.7 Å². The molecule has 3 aromatic rings. The minimum absolute atomic E-state index is 0.156. The largest absolute Gasteiger partial charge is 0.361 e. The highest BCUT2D eigenvalue weighted by Crippen LogP contribution is 2.19. The summed E-state index contributed by atoms with van der Waals surface area (Å²) >= 11 is 4.04. The molecule has 3 rings (SSSR count). The molecule has 0 saturated carbocycles. The highest BCUT2D eigenvalue weighted by molar-refractivity contribution is 7.80. The van der Waals surface area contributed by atoms with Gasteiger partial charge in [0.15, 0.2) is 0 Å². The van der Waals surface area contributed by atoms with Gasteiger partial charge in [0.1, 0.15) is 12.3 Å². The van der Waals surface area contributed by atoms with Crippen LogP contribution in [0.1, 0.15) is 11.1 Å². The first kappa shape index (κ1) is 22.6. The second-order valence-corrected chi connectivity index (χ2v) is 7.72. The van der Waals surface area contributed by atoms with Crippen molar-refractivity contribution in [3.8, 4) is 0 Å². The van der Waals surface area contributed by atoms with E-state index in [4.69, 9.17) is 5.73 Å². The molecule has 2 amide bonds. The van der Waals surface area contributed by atoms with Crippen LogP contribution in [0.3, 0.4) is 0 Å². The zero-order chi connectivity index (χ0) is 22.2. The Kier molecular flexibility index (Phi) is 7.86. The molecule has 0 unspecified atom stereocenters. The summed E-state index contributed by atoms with van der Waals surface area (Å²) in [5.74, 6) is -0.755. The third kappa shape index (κ3) is 5.96. The standard InChI is InChI=1S/C23H26N4O3S/c24-19(14-31)22(29)27-21(10-15-6-2-1-3-7-15)23(30)26-17(13-28)11-16-12-25-20-9-5-4-8-18(16)20/h1-9,12-13,17,19,21,25,31H,10-11,14,24H2,(H,26,30)(H,27,29)/t17-,19+,21+/m1/s1. The Morgan fingerprint density at radius 1 is 1.00 bits per heavy atom. The number of para-hydroxylation sites is 1. The molecular weight excluding hydrogens is 412 g/mol. The molecule has 0 aliphatic rings. The van der Waals surface area contributed by atoms with E-state index in [2.05, 4.69) is 28.2 Å². The van der Waals surface area contributed by atoms with Gasteiger partial charge in [0.05, 0.1) is 12.1 Å². The third-order valence-electron chi connectivity index (χ3n) is 5.06. The number of rotatable bonds is 10. The van der Waals surface area contributed by atoms with Crippen LogP contribution < -0.4 is 16.4 Å². The van der Waals surface area contributed by atoms with Crippen LogP contribution >= 0.6 is 12.6 Å². The molecule has 2 aromatic carbocycles. The summed E-state index contributed by atoms with van der Waals surface area (Å²) < 4.78 is 0. The van der Waals surface area contributed by atoms with Crippen molar-refractivity contribution in [2.75, 3.05) is 5.75 Å². The van der Waals surface area contributed by atoms with E-state index in [-0.39, 0.29) is 12.2 Å². The molecule has 31 heavy (non-hydrogen) atoms. The van der Waals surface area contributed by atoms with Gasteiger partial charge in [-0.25, -0.2) is 0 Å². The number of nitrogens with two attached hydrogens (primary N) is 1. The highest BCUT2D eigenvalue weighted by Gasteiger charge is 2.26. The summed E-state index contributed by atoms with van der Waals surface area (Å²) in [6, 6.07) is 14.6. The van der Waals surface area contributed by atoms with Crippen LogP contribution in [-0.4, -0.2) is 47.0 Å². The number of aldehydes is 1. The molecule has 7 nitrogen and oxygen atoms in total. The van der Waals surface area contributed by atoms with Gasteiger partial charge < -0.3 is 26.1 Å². The Morgan fingerprint density at radius 3 is 2.42 bits per heavy atom. The molecule has 0 saturated heterocycles. The fourth-order valence-electron chi connectivity index (χ4n) is 3.37. The van der Waals surface area contributed by atoms with E-state index >= 15 is 0 Å². The van der Waals surface area contributed by atoms with Gasteiger partial charge in [-0.3, -0.25) is 9.59 Å². The summed E-state index contributed by atoms with van der Waals surface area (Å²) in [5.41, 5.74) is 8.51. The van der Waals surface area contributed by atoms with Crippen molar-refractivity contribution in [1.29, 1.82) is 0 Å².